The second kappa shape index (κ2) is 7.32. The van der Waals surface area contributed by atoms with Crippen LogP contribution in [0.25, 0.3) is 0 Å². The van der Waals surface area contributed by atoms with Crippen molar-refractivity contribution in [3.8, 4) is 0 Å². The highest BCUT2D eigenvalue weighted by Crippen LogP contribution is 2.46. The van der Waals surface area contributed by atoms with Crippen molar-refractivity contribution in [2.75, 3.05) is 5.73 Å². The second-order valence-electron chi connectivity index (χ2n) is 8.00. The number of H-pyrrole nitrogens is 1. The Morgan fingerprint density at radius 1 is 1.30 bits per heavy atom. The van der Waals surface area contributed by atoms with Gasteiger partial charge in [0, 0.05) is 12.5 Å². The number of Topliss-reactive ketones (excluding diaryl/α,β-unsaturated/α-hetero) is 1. The standard InChI is InChI=1S/C21H22N6O2S/c22-19-16(20(29)23-13-6-7-13)14-8-10-21(18(28)17(14)30-19,12-4-2-1-3-5-12)11-9-15-24-26-27-25-15/h1-5,13H,6-11,22H2,(H,23,29)(H,24,25,26,27). The lowest BCUT2D eigenvalue weighted by Gasteiger charge is -2.36. The van der Waals surface area contributed by atoms with E-state index in [0.29, 0.717) is 46.9 Å². The molecule has 3 aromatic rings. The Bertz CT molecular complexity index is 1090. The quantitative estimate of drug-likeness (QED) is 0.560. The molecule has 154 valence electrons. The summed E-state index contributed by atoms with van der Waals surface area (Å²) in [5.41, 5.74) is 7.80. The van der Waals surface area contributed by atoms with E-state index >= 15 is 0 Å². The number of aromatic amines is 1. The van der Waals surface area contributed by atoms with Gasteiger partial charge in [0.2, 0.25) is 0 Å². The lowest BCUT2D eigenvalue weighted by Crippen LogP contribution is -2.40. The molecule has 1 atom stereocenters. The van der Waals surface area contributed by atoms with Gasteiger partial charge in [-0.2, -0.15) is 5.21 Å². The molecule has 0 bridgehead atoms. The van der Waals surface area contributed by atoms with Crippen molar-refractivity contribution in [3.05, 3.63) is 57.7 Å². The Morgan fingerprint density at radius 2 is 2.10 bits per heavy atom. The molecule has 0 saturated heterocycles. The maximum Gasteiger partial charge on any atom is 0.254 e. The van der Waals surface area contributed by atoms with Crippen LogP contribution in [-0.4, -0.2) is 38.4 Å². The van der Waals surface area contributed by atoms with Gasteiger partial charge in [-0.15, -0.1) is 21.5 Å². The smallest absolute Gasteiger partial charge is 0.254 e. The summed E-state index contributed by atoms with van der Waals surface area (Å²) >= 11 is 1.24. The SMILES string of the molecule is Nc1sc2c(c1C(=O)NC1CC1)CCC(CCc1nn[nH]n1)(c1ccccc1)C2=O. The number of hydrogen-bond acceptors (Lipinski definition) is 7. The number of nitrogens with two attached hydrogens (primary N) is 1. The molecule has 5 rings (SSSR count). The highest BCUT2D eigenvalue weighted by molar-refractivity contribution is 7.18. The summed E-state index contributed by atoms with van der Waals surface area (Å²) in [5.74, 6) is 0.457. The van der Waals surface area contributed by atoms with Crippen LogP contribution in [0.15, 0.2) is 30.3 Å². The fourth-order valence-electron chi connectivity index (χ4n) is 4.34. The van der Waals surface area contributed by atoms with Gasteiger partial charge in [-0.1, -0.05) is 35.5 Å². The summed E-state index contributed by atoms with van der Waals surface area (Å²) in [6.45, 7) is 0. The number of hydrogen-bond donors (Lipinski definition) is 3. The maximum absolute atomic E-state index is 13.9. The normalized spacial score (nSPS) is 20.7. The molecule has 1 fully saturated rings. The monoisotopic (exact) mass is 422 g/mol. The number of fused-ring (bicyclic) bond motifs is 1. The minimum absolute atomic E-state index is 0.0283. The predicted octanol–water partition coefficient (Wildman–Crippen LogP) is 2.44. The first-order chi connectivity index (χ1) is 14.6. The number of carbonyl (C=O) groups excluding carboxylic acids is 2. The maximum atomic E-state index is 13.9. The summed E-state index contributed by atoms with van der Waals surface area (Å²) in [4.78, 5) is 27.2. The van der Waals surface area contributed by atoms with Crippen LogP contribution in [0.2, 0.25) is 0 Å². The van der Waals surface area contributed by atoms with Crippen molar-refractivity contribution < 1.29 is 9.59 Å². The molecule has 2 aliphatic carbocycles. The Morgan fingerprint density at radius 3 is 2.80 bits per heavy atom. The second-order valence-corrected chi connectivity index (χ2v) is 9.05. The molecular formula is C21H22N6O2S. The molecule has 0 spiro atoms. The van der Waals surface area contributed by atoms with E-state index in [1.165, 1.54) is 11.3 Å². The zero-order valence-electron chi connectivity index (χ0n) is 16.4. The van der Waals surface area contributed by atoms with Crippen LogP contribution < -0.4 is 11.1 Å². The van der Waals surface area contributed by atoms with Crippen molar-refractivity contribution in [1.82, 2.24) is 25.9 Å². The predicted molar refractivity (Wildman–Crippen MR) is 112 cm³/mol. The molecule has 2 aromatic heterocycles. The Balaban J connectivity index is 1.52. The summed E-state index contributed by atoms with van der Waals surface area (Å²) in [6, 6.07) is 10.1. The van der Waals surface area contributed by atoms with E-state index in [9.17, 15) is 9.59 Å². The van der Waals surface area contributed by atoms with Crippen LogP contribution in [0, 0.1) is 0 Å². The third kappa shape index (κ3) is 3.19. The van der Waals surface area contributed by atoms with Gasteiger partial charge in [-0.25, -0.2) is 0 Å². The molecule has 0 radical (unpaired) electrons. The molecule has 2 aliphatic rings. The van der Waals surface area contributed by atoms with E-state index in [2.05, 4.69) is 25.9 Å². The molecule has 8 nitrogen and oxygen atoms in total. The molecule has 1 amide bonds. The van der Waals surface area contributed by atoms with E-state index in [-0.39, 0.29) is 17.7 Å². The number of anilines is 1. The fourth-order valence-corrected chi connectivity index (χ4v) is 5.49. The van der Waals surface area contributed by atoms with Gasteiger partial charge in [0.25, 0.3) is 5.91 Å². The number of aryl methyl sites for hydroxylation is 1. The van der Waals surface area contributed by atoms with Gasteiger partial charge in [-0.05, 0) is 43.2 Å². The third-order valence-electron chi connectivity index (χ3n) is 6.11. The average Bonchev–Trinajstić information content (AvgIpc) is 3.27. The third-order valence-corrected chi connectivity index (χ3v) is 7.17. The van der Waals surface area contributed by atoms with Gasteiger partial charge in [0.15, 0.2) is 11.6 Å². The number of nitrogen functional groups attached to an aromatic ring is 1. The van der Waals surface area contributed by atoms with Gasteiger partial charge < -0.3 is 11.1 Å². The van der Waals surface area contributed by atoms with Crippen molar-refractivity contribution in [1.29, 1.82) is 0 Å². The largest absolute Gasteiger partial charge is 0.390 e. The van der Waals surface area contributed by atoms with Gasteiger partial charge >= 0.3 is 0 Å². The summed E-state index contributed by atoms with van der Waals surface area (Å²) in [7, 11) is 0. The molecule has 1 saturated carbocycles. The molecule has 1 unspecified atom stereocenters. The number of amides is 1. The average molecular weight is 423 g/mol. The number of tetrazole rings is 1. The van der Waals surface area contributed by atoms with Crippen LogP contribution in [0.5, 0.6) is 0 Å². The molecule has 2 heterocycles. The van der Waals surface area contributed by atoms with E-state index in [4.69, 9.17) is 5.73 Å². The Hall–Kier alpha value is -3.07. The Labute approximate surface area is 177 Å². The van der Waals surface area contributed by atoms with Crippen LogP contribution >= 0.6 is 11.3 Å². The van der Waals surface area contributed by atoms with E-state index < -0.39 is 5.41 Å². The summed E-state index contributed by atoms with van der Waals surface area (Å²) < 4.78 is 0. The lowest BCUT2D eigenvalue weighted by molar-refractivity contribution is 0.0854. The van der Waals surface area contributed by atoms with Crippen LogP contribution in [0.4, 0.5) is 5.00 Å². The number of nitrogens with one attached hydrogen (secondary N) is 2. The van der Waals surface area contributed by atoms with Crippen molar-refractivity contribution in [3.63, 3.8) is 0 Å². The van der Waals surface area contributed by atoms with Gasteiger partial charge in [0.05, 0.1) is 20.9 Å². The minimum atomic E-state index is -0.698. The number of benzene rings is 1. The topological polar surface area (TPSA) is 127 Å². The molecule has 0 aliphatic heterocycles. The summed E-state index contributed by atoms with van der Waals surface area (Å²) in [5, 5.41) is 17.6. The highest BCUT2D eigenvalue weighted by atomic mass is 32.1. The van der Waals surface area contributed by atoms with E-state index in [1.807, 2.05) is 30.3 Å². The molecule has 4 N–H and O–H groups in total. The first-order valence-electron chi connectivity index (χ1n) is 10.1. The first-order valence-corrected chi connectivity index (χ1v) is 10.9. The van der Waals surface area contributed by atoms with Crippen LogP contribution in [0.1, 0.15) is 62.7 Å². The van der Waals surface area contributed by atoms with Crippen LogP contribution in [0.3, 0.4) is 0 Å². The fraction of sp³-hybridized carbons (Fsp3) is 0.381. The molecule has 9 heteroatoms. The van der Waals surface area contributed by atoms with Gasteiger partial charge in [-0.3, -0.25) is 9.59 Å². The van der Waals surface area contributed by atoms with Crippen molar-refractivity contribution >= 4 is 28.0 Å². The number of nitrogens with zero attached hydrogens (tertiary/aromatic N) is 3. The lowest BCUT2D eigenvalue weighted by atomic mass is 9.66. The molecule has 30 heavy (non-hydrogen) atoms. The van der Waals surface area contributed by atoms with E-state index in [0.717, 1.165) is 24.0 Å². The first kappa shape index (κ1) is 18.9. The number of carbonyl (C=O) groups is 2. The number of thiophene rings is 1. The van der Waals surface area contributed by atoms with Crippen molar-refractivity contribution in [2.24, 2.45) is 0 Å². The minimum Gasteiger partial charge on any atom is -0.390 e. The van der Waals surface area contributed by atoms with Crippen molar-refractivity contribution in [2.45, 2.75) is 50.0 Å². The van der Waals surface area contributed by atoms with Crippen LogP contribution in [-0.2, 0) is 18.3 Å². The highest BCUT2D eigenvalue weighted by Gasteiger charge is 2.46. The van der Waals surface area contributed by atoms with Gasteiger partial charge in [0.1, 0.15) is 0 Å². The zero-order valence-corrected chi connectivity index (χ0v) is 17.2. The number of rotatable bonds is 6. The number of aromatic nitrogens is 4. The summed E-state index contributed by atoms with van der Waals surface area (Å²) in [6.07, 6.45) is 4.34. The van der Waals surface area contributed by atoms with E-state index in [1.54, 1.807) is 0 Å². The number of ketones is 1. The Kier molecular flexibility index (Phi) is 4.62. The molecular weight excluding hydrogens is 400 g/mol. The zero-order chi connectivity index (χ0) is 20.7. The molecule has 1 aromatic carbocycles.